The van der Waals surface area contributed by atoms with Crippen LogP contribution in [0.25, 0.3) is 5.82 Å². The van der Waals surface area contributed by atoms with Crippen LogP contribution < -0.4 is 10.6 Å². The topological polar surface area (TPSA) is 126 Å². The first-order valence-electron chi connectivity index (χ1n) is 8.77. The van der Waals surface area contributed by atoms with E-state index >= 15 is 0 Å². The van der Waals surface area contributed by atoms with Crippen LogP contribution in [0.4, 0.5) is 5.82 Å². The Hall–Kier alpha value is -3.27. The zero-order valence-corrected chi connectivity index (χ0v) is 14.9. The number of nitrogens with zero attached hydrogens (tertiary/aromatic N) is 5. The number of hydrogen-bond acceptors (Lipinski definition) is 8. The highest BCUT2D eigenvalue weighted by Crippen LogP contribution is 2.17. The lowest BCUT2D eigenvalue weighted by Gasteiger charge is -2.25. The molecule has 1 aromatic carbocycles. The van der Waals surface area contributed by atoms with Crippen molar-refractivity contribution in [3.05, 3.63) is 46.8 Å². The molecule has 0 saturated heterocycles. The summed E-state index contributed by atoms with van der Waals surface area (Å²) in [6.45, 7) is 4.28. The predicted molar refractivity (Wildman–Crippen MR) is 93.0 cm³/mol. The quantitative estimate of drug-likeness (QED) is 0.578. The van der Waals surface area contributed by atoms with Gasteiger partial charge >= 0.3 is 5.97 Å². The van der Waals surface area contributed by atoms with Crippen LogP contribution in [0.1, 0.15) is 34.2 Å². The fourth-order valence-corrected chi connectivity index (χ4v) is 3.36. The minimum atomic E-state index is -0.523. The van der Waals surface area contributed by atoms with E-state index < -0.39 is 5.97 Å². The SMILES string of the molecule is CCOC(=O)c1nnn(-c2nonc2N)c1C[NH+]1CCc2ccccc2C1. The van der Waals surface area contributed by atoms with Crippen LogP contribution >= 0.6 is 0 Å². The lowest BCUT2D eigenvalue weighted by molar-refractivity contribution is -0.929. The van der Waals surface area contributed by atoms with E-state index in [2.05, 4.69) is 43.5 Å². The molecule has 0 bridgehead atoms. The van der Waals surface area contributed by atoms with E-state index in [0.717, 1.165) is 19.5 Å². The first kappa shape index (κ1) is 17.2. The number of quaternary nitrogens is 1. The van der Waals surface area contributed by atoms with E-state index in [1.165, 1.54) is 20.7 Å². The lowest BCUT2D eigenvalue weighted by Crippen LogP contribution is -3.10. The largest absolute Gasteiger partial charge is 0.461 e. The molecule has 0 fully saturated rings. The van der Waals surface area contributed by atoms with Gasteiger partial charge in [0, 0.05) is 12.0 Å². The van der Waals surface area contributed by atoms with Gasteiger partial charge in [0.1, 0.15) is 18.8 Å². The Kier molecular flexibility index (Phi) is 4.55. The number of nitrogens with two attached hydrogens (primary N) is 1. The maximum absolute atomic E-state index is 12.3. The third kappa shape index (κ3) is 3.26. The van der Waals surface area contributed by atoms with Gasteiger partial charge in [-0.15, -0.1) is 5.10 Å². The van der Waals surface area contributed by atoms with Crippen LogP contribution in [0.15, 0.2) is 28.9 Å². The molecule has 1 unspecified atom stereocenters. The van der Waals surface area contributed by atoms with Crippen LogP contribution in [0.5, 0.6) is 0 Å². The Balaban J connectivity index is 1.67. The monoisotopic (exact) mass is 370 g/mol. The third-order valence-corrected chi connectivity index (χ3v) is 4.65. The molecule has 0 spiro atoms. The first-order chi connectivity index (χ1) is 13.2. The van der Waals surface area contributed by atoms with E-state index in [0.29, 0.717) is 12.2 Å². The molecule has 3 N–H and O–H groups in total. The van der Waals surface area contributed by atoms with Gasteiger partial charge in [0.15, 0.2) is 5.69 Å². The summed E-state index contributed by atoms with van der Waals surface area (Å²) in [5, 5.41) is 15.4. The number of fused-ring (bicyclic) bond motifs is 1. The summed E-state index contributed by atoms with van der Waals surface area (Å²) in [5.41, 5.74) is 9.20. The van der Waals surface area contributed by atoms with Crippen LogP contribution in [0, 0.1) is 0 Å². The lowest BCUT2D eigenvalue weighted by atomic mass is 10.00. The summed E-state index contributed by atoms with van der Waals surface area (Å²) in [7, 11) is 0. The Bertz CT molecular complexity index is 965. The molecule has 1 aliphatic heterocycles. The Morgan fingerprint density at radius 2 is 2.15 bits per heavy atom. The zero-order chi connectivity index (χ0) is 18.8. The van der Waals surface area contributed by atoms with Crippen LogP contribution in [-0.2, 0) is 24.2 Å². The molecule has 3 heterocycles. The minimum Gasteiger partial charge on any atom is -0.461 e. The summed E-state index contributed by atoms with van der Waals surface area (Å²) < 4.78 is 11.2. The predicted octanol–water partition coefficient (Wildman–Crippen LogP) is -0.450. The molecule has 0 saturated carbocycles. The average Bonchev–Trinajstić information content (AvgIpc) is 3.27. The van der Waals surface area contributed by atoms with Crippen molar-refractivity contribution < 1.29 is 19.1 Å². The van der Waals surface area contributed by atoms with E-state index in [4.69, 9.17) is 10.5 Å². The van der Waals surface area contributed by atoms with Gasteiger partial charge in [-0.2, -0.15) is 4.68 Å². The molecule has 10 nitrogen and oxygen atoms in total. The zero-order valence-electron chi connectivity index (χ0n) is 14.9. The molecule has 4 rings (SSSR count). The molecule has 140 valence electrons. The van der Waals surface area contributed by atoms with Gasteiger partial charge in [-0.05, 0) is 22.8 Å². The number of carbonyl (C=O) groups excluding carboxylic acids is 1. The highest BCUT2D eigenvalue weighted by atomic mass is 16.6. The molecular formula is C17H20N7O3+. The number of rotatable bonds is 5. The number of benzene rings is 1. The second-order valence-electron chi connectivity index (χ2n) is 6.36. The van der Waals surface area contributed by atoms with Crippen molar-refractivity contribution in [2.24, 2.45) is 0 Å². The molecule has 1 aliphatic rings. The molecule has 3 aromatic rings. The van der Waals surface area contributed by atoms with Crippen molar-refractivity contribution in [1.82, 2.24) is 25.3 Å². The van der Waals surface area contributed by atoms with Crippen LogP contribution in [-0.4, -0.2) is 44.4 Å². The maximum atomic E-state index is 12.3. The number of ether oxygens (including phenoxy) is 1. The number of aromatic nitrogens is 5. The van der Waals surface area contributed by atoms with Crippen molar-refractivity contribution >= 4 is 11.8 Å². The fourth-order valence-electron chi connectivity index (χ4n) is 3.36. The third-order valence-electron chi connectivity index (χ3n) is 4.65. The van der Waals surface area contributed by atoms with Gasteiger partial charge in [-0.25, -0.2) is 9.42 Å². The van der Waals surface area contributed by atoms with Crippen molar-refractivity contribution in [2.45, 2.75) is 26.4 Å². The van der Waals surface area contributed by atoms with Crippen LogP contribution in [0.3, 0.4) is 0 Å². The highest BCUT2D eigenvalue weighted by Gasteiger charge is 2.29. The van der Waals surface area contributed by atoms with Crippen LogP contribution in [0.2, 0.25) is 0 Å². The van der Waals surface area contributed by atoms with Crippen molar-refractivity contribution in [2.75, 3.05) is 18.9 Å². The van der Waals surface area contributed by atoms with Gasteiger partial charge in [0.2, 0.25) is 11.6 Å². The Morgan fingerprint density at radius 1 is 1.33 bits per heavy atom. The Labute approximate surface area is 154 Å². The van der Waals surface area contributed by atoms with Gasteiger partial charge in [-0.3, -0.25) is 0 Å². The summed E-state index contributed by atoms with van der Waals surface area (Å²) in [4.78, 5) is 13.6. The van der Waals surface area contributed by atoms with E-state index in [1.807, 2.05) is 6.07 Å². The van der Waals surface area contributed by atoms with Crippen molar-refractivity contribution in [3.8, 4) is 5.82 Å². The number of nitrogens with one attached hydrogen (secondary N) is 1. The first-order valence-corrected chi connectivity index (χ1v) is 8.77. The summed E-state index contributed by atoms with van der Waals surface area (Å²) in [6.07, 6.45) is 0.968. The number of carbonyl (C=O) groups is 1. The summed E-state index contributed by atoms with van der Waals surface area (Å²) >= 11 is 0. The summed E-state index contributed by atoms with van der Waals surface area (Å²) in [6, 6.07) is 8.39. The van der Waals surface area contributed by atoms with Gasteiger partial charge in [0.25, 0.3) is 0 Å². The molecule has 1 atom stereocenters. The molecule has 0 amide bonds. The number of esters is 1. The molecular weight excluding hydrogens is 350 g/mol. The van der Waals surface area contributed by atoms with E-state index in [9.17, 15) is 4.79 Å². The molecule has 10 heteroatoms. The van der Waals surface area contributed by atoms with Gasteiger partial charge < -0.3 is 15.4 Å². The second-order valence-corrected chi connectivity index (χ2v) is 6.36. The van der Waals surface area contributed by atoms with E-state index in [-0.39, 0.29) is 23.9 Å². The molecule has 2 aromatic heterocycles. The number of nitrogen functional groups attached to an aromatic ring is 1. The van der Waals surface area contributed by atoms with Gasteiger partial charge in [-0.1, -0.05) is 29.5 Å². The summed E-state index contributed by atoms with van der Waals surface area (Å²) in [5.74, 6) is -0.231. The normalized spacial score (nSPS) is 16.1. The molecule has 0 radical (unpaired) electrons. The smallest absolute Gasteiger partial charge is 0.361 e. The van der Waals surface area contributed by atoms with E-state index in [1.54, 1.807) is 6.92 Å². The molecule has 27 heavy (non-hydrogen) atoms. The van der Waals surface area contributed by atoms with Gasteiger partial charge in [0.05, 0.1) is 13.2 Å². The van der Waals surface area contributed by atoms with Crippen molar-refractivity contribution in [3.63, 3.8) is 0 Å². The maximum Gasteiger partial charge on any atom is 0.361 e. The highest BCUT2D eigenvalue weighted by molar-refractivity contribution is 5.88. The number of hydrogen-bond donors (Lipinski definition) is 2. The number of anilines is 1. The second kappa shape index (κ2) is 7.16. The van der Waals surface area contributed by atoms with Crippen molar-refractivity contribution in [1.29, 1.82) is 0 Å². The minimum absolute atomic E-state index is 0.0792. The molecule has 0 aliphatic carbocycles. The standard InChI is InChI=1S/C17H19N7O3/c1-2-26-17(25)14-13(24(22-19-14)16-15(18)20-27-21-16)10-23-8-7-11-5-3-4-6-12(11)9-23/h3-6H,2,7-10H2,1H3,(H2,18,20)/p+1. The average molecular weight is 370 g/mol. The fraction of sp³-hybridized carbons (Fsp3) is 0.353. The Morgan fingerprint density at radius 3 is 2.89 bits per heavy atom.